The lowest BCUT2D eigenvalue weighted by Crippen LogP contribution is -2.42. The van der Waals surface area contributed by atoms with E-state index in [2.05, 4.69) is 30.4 Å². The highest BCUT2D eigenvalue weighted by molar-refractivity contribution is 5.75. The van der Waals surface area contributed by atoms with Crippen molar-refractivity contribution in [3.8, 4) is 0 Å². The number of hydrogen-bond acceptors (Lipinski definition) is 5. The molecule has 1 atom stereocenters. The van der Waals surface area contributed by atoms with Crippen molar-refractivity contribution in [2.45, 2.75) is 38.9 Å². The second-order valence-electron chi connectivity index (χ2n) is 4.76. The molecule has 0 spiro atoms. The van der Waals surface area contributed by atoms with E-state index in [1.165, 1.54) is 11.0 Å². The third kappa shape index (κ3) is 2.61. The lowest BCUT2D eigenvalue weighted by Gasteiger charge is -2.24. The molecule has 2 aromatic rings. The van der Waals surface area contributed by atoms with Gasteiger partial charge < -0.3 is 9.88 Å². The van der Waals surface area contributed by atoms with E-state index in [1.54, 1.807) is 0 Å². The van der Waals surface area contributed by atoms with Crippen molar-refractivity contribution in [3.05, 3.63) is 24.0 Å². The van der Waals surface area contributed by atoms with Gasteiger partial charge in [-0.15, -0.1) is 5.10 Å². The van der Waals surface area contributed by atoms with Gasteiger partial charge in [0.25, 0.3) is 0 Å². The molecular weight excluding hydrogens is 246 g/mol. The predicted molar refractivity (Wildman–Crippen MR) is 65.0 cm³/mol. The minimum absolute atomic E-state index is 0.0717. The fraction of sp³-hybridized carbons (Fsp3) is 0.545. The van der Waals surface area contributed by atoms with Crippen molar-refractivity contribution in [2.75, 3.05) is 0 Å². The van der Waals surface area contributed by atoms with Gasteiger partial charge in [0.15, 0.2) is 0 Å². The molecular formula is C11H15N7O. The van der Waals surface area contributed by atoms with Gasteiger partial charge in [0.2, 0.25) is 5.91 Å². The topological polar surface area (TPSA) is 90.5 Å². The molecule has 0 aliphatic carbocycles. The largest absolute Gasteiger partial charge is 0.350 e. The first-order valence-electron chi connectivity index (χ1n) is 6.23. The summed E-state index contributed by atoms with van der Waals surface area (Å²) in [6.07, 6.45) is 5.26. The van der Waals surface area contributed by atoms with E-state index in [-0.39, 0.29) is 18.5 Å². The van der Waals surface area contributed by atoms with Crippen LogP contribution in [0.2, 0.25) is 0 Å². The summed E-state index contributed by atoms with van der Waals surface area (Å²) in [7, 11) is 0. The van der Waals surface area contributed by atoms with Crippen molar-refractivity contribution in [1.29, 1.82) is 0 Å². The predicted octanol–water partition coefficient (Wildman–Crippen LogP) is -0.691. The molecule has 19 heavy (non-hydrogen) atoms. The molecule has 8 heteroatoms. The number of carbonyl (C=O) groups is 1. The van der Waals surface area contributed by atoms with E-state index in [1.807, 2.05) is 13.1 Å². The Kier molecular flexibility index (Phi) is 2.98. The summed E-state index contributed by atoms with van der Waals surface area (Å²) < 4.78 is 3.52. The number of fused-ring (bicyclic) bond motifs is 1. The van der Waals surface area contributed by atoms with Crippen molar-refractivity contribution in [3.63, 3.8) is 0 Å². The molecule has 8 nitrogen and oxygen atoms in total. The van der Waals surface area contributed by atoms with Crippen molar-refractivity contribution >= 4 is 5.91 Å². The van der Waals surface area contributed by atoms with Crippen LogP contribution in [-0.4, -0.2) is 41.7 Å². The fourth-order valence-corrected chi connectivity index (χ4v) is 2.38. The Morgan fingerprint density at radius 1 is 1.58 bits per heavy atom. The zero-order valence-electron chi connectivity index (χ0n) is 10.7. The number of amides is 1. The molecule has 100 valence electrons. The van der Waals surface area contributed by atoms with Crippen LogP contribution in [0.4, 0.5) is 0 Å². The van der Waals surface area contributed by atoms with Gasteiger partial charge in [-0.05, 0) is 23.8 Å². The Bertz CT molecular complexity index is 574. The van der Waals surface area contributed by atoms with E-state index in [4.69, 9.17) is 0 Å². The van der Waals surface area contributed by atoms with E-state index >= 15 is 0 Å². The Labute approximate surface area is 109 Å². The molecule has 2 aromatic heterocycles. The fourth-order valence-electron chi connectivity index (χ4n) is 2.38. The average molecular weight is 261 g/mol. The van der Waals surface area contributed by atoms with Crippen LogP contribution in [0.15, 0.2) is 12.5 Å². The smallest absolute Gasteiger partial charge is 0.242 e. The lowest BCUT2D eigenvalue weighted by molar-refractivity contribution is -0.122. The maximum atomic E-state index is 11.8. The highest BCUT2D eigenvalue weighted by atomic mass is 16.2. The third-order valence-corrected chi connectivity index (χ3v) is 3.18. The van der Waals surface area contributed by atoms with Gasteiger partial charge in [-0.3, -0.25) is 4.79 Å². The Morgan fingerprint density at radius 2 is 2.47 bits per heavy atom. The SMILES string of the molecule is Cc1cn2c(n1)CCC(NC(=O)Cn1cnnn1)C2. The van der Waals surface area contributed by atoms with E-state index in [0.29, 0.717) is 0 Å². The van der Waals surface area contributed by atoms with Gasteiger partial charge in [-0.2, -0.15) is 0 Å². The van der Waals surface area contributed by atoms with Gasteiger partial charge in [-0.25, -0.2) is 9.67 Å². The minimum atomic E-state index is -0.0717. The number of imidazole rings is 1. The van der Waals surface area contributed by atoms with Crippen LogP contribution < -0.4 is 5.32 Å². The van der Waals surface area contributed by atoms with Gasteiger partial charge in [-0.1, -0.05) is 0 Å². The molecule has 3 heterocycles. The summed E-state index contributed by atoms with van der Waals surface area (Å²) in [5.41, 5.74) is 1.02. The molecule has 1 N–H and O–H groups in total. The number of aromatic nitrogens is 6. The molecule has 0 fully saturated rings. The molecule has 0 radical (unpaired) electrons. The summed E-state index contributed by atoms with van der Waals surface area (Å²) in [6, 6.07) is 0.144. The standard InChI is InChI=1S/C11H15N7O/c1-8-4-17-5-9(2-3-10(17)13-8)14-11(19)6-18-7-12-15-16-18/h4,7,9H,2-3,5-6H2,1H3,(H,14,19). The van der Waals surface area contributed by atoms with Gasteiger partial charge >= 0.3 is 0 Å². The molecule has 3 rings (SSSR count). The molecule has 1 unspecified atom stereocenters. The minimum Gasteiger partial charge on any atom is -0.350 e. The van der Waals surface area contributed by atoms with Crippen LogP contribution in [0.25, 0.3) is 0 Å². The van der Waals surface area contributed by atoms with Crippen molar-refractivity contribution < 1.29 is 4.79 Å². The van der Waals surface area contributed by atoms with Crippen molar-refractivity contribution in [1.82, 2.24) is 35.1 Å². The summed E-state index contributed by atoms with van der Waals surface area (Å²) in [5, 5.41) is 13.7. The molecule has 0 aromatic carbocycles. The zero-order chi connectivity index (χ0) is 13.2. The Balaban J connectivity index is 1.58. The average Bonchev–Trinajstić information content (AvgIpc) is 2.96. The molecule has 0 bridgehead atoms. The lowest BCUT2D eigenvalue weighted by atomic mass is 10.1. The number of tetrazole rings is 1. The van der Waals surface area contributed by atoms with Crippen LogP contribution in [0.1, 0.15) is 17.9 Å². The highest BCUT2D eigenvalue weighted by Crippen LogP contribution is 2.14. The van der Waals surface area contributed by atoms with E-state index < -0.39 is 0 Å². The first-order valence-corrected chi connectivity index (χ1v) is 6.23. The highest BCUT2D eigenvalue weighted by Gasteiger charge is 2.21. The van der Waals surface area contributed by atoms with Crippen molar-refractivity contribution in [2.24, 2.45) is 0 Å². The number of rotatable bonds is 3. The molecule has 0 saturated carbocycles. The second kappa shape index (κ2) is 4.79. The second-order valence-corrected chi connectivity index (χ2v) is 4.76. The molecule has 0 saturated heterocycles. The number of aryl methyl sites for hydroxylation is 2. The summed E-state index contributed by atoms with van der Waals surface area (Å²) in [6.45, 7) is 2.91. The third-order valence-electron chi connectivity index (χ3n) is 3.18. The van der Waals surface area contributed by atoms with Gasteiger partial charge in [0.1, 0.15) is 18.7 Å². The quantitative estimate of drug-likeness (QED) is 0.789. The van der Waals surface area contributed by atoms with Crippen LogP contribution in [0.5, 0.6) is 0 Å². The first-order chi connectivity index (χ1) is 9.20. The molecule has 1 aliphatic rings. The van der Waals surface area contributed by atoms with Gasteiger partial charge in [0.05, 0.1) is 5.69 Å². The van der Waals surface area contributed by atoms with Crippen LogP contribution in [-0.2, 0) is 24.3 Å². The Hall–Kier alpha value is -2.25. The molecule has 1 amide bonds. The van der Waals surface area contributed by atoms with E-state index in [9.17, 15) is 4.79 Å². The van der Waals surface area contributed by atoms with Crippen LogP contribution in [0.3, 0.4) is 0 Å². The Morgan fingerprint density at radius 3 is 3.26 bits per heavy atom. The summed E-state index contributed by atoms with van der Waals surface area (Å²) in [5.74, 6) is 1.03. The number of nitrogens with zero attached hydrogens (tertiary/aromatic N) is 6. The maximum Gasteiger partial charge on any atom is 0.242 e. The number of hydrogen-bond donors (Lipinski definition) is 1. The summed E-state index contributed by atoms with van der Waals surface area (Å²) >= 11 is 0. The van der Waals surface area contributed by atoms with Crippen LogP contribution >= 0.6 is 0 Å². The monoisotopic (exact) mass is 261 g/mol. The van der Waals surface area contributed by atoms with Crippen LogP contribution in [0, 0.1) is 6.92 Å². The molecule has 1 aliphatic heterocycles. The van der Waals surface area contributed by atoms with Gasteiger partial charge in [0, 0.05) is 25.2 Å². The number of carbonyl (C=O) groups excluding carboxylic acids is 1. The summed E-state index contributed by atoms with van der Waals surface area (Å²) in [4.78, 5) is 16.3. The zero-order valence-corrected chi connectivity index (χ0v) is 10.7. The first kappa shape index (κ1) is 11.8. The normalized spacial score (nSPS) is 18.1. The maximum absolute atomic E-state index is 11.8. The van der Waals surface area contributed by atoms with E-state index in [0.717, 1.165) is 30.9 Å². The number of nitrogens with one attached hydrogen (secondary N) is 1.